The molecule has 0 unspecified atom stereocenters. The van der Waals surface area contributed by atoms with Gasteiger partial charge in [-0.25, -0.2) is 9.98 Å². The lowest BCUT2D eigenvalue weighted by atomic mass is 10.1. The molecule has 7 heteroatoms. The van der Waals surface area contributed by atoms with Crippen molar-refractivity contribution in [1.82, 2.24) is 4.98 Å². The number of aliphatic hydroxyl groups excluding tert-OH is 2. The number of pyridine rings is 1. The Morgan fingerprint density at radius 2 is 1.45 bits per heavy atom. The Balaban J connectivity index is 1.80. The first kappa shape index (κ1) is 13.0. The number of rotatable bonds is 4. The second-order valence-electron chi connectivity index (χ2n) is 4.50. The van der Waals surface area contributed by atoms with Crippen LogP contribution in [-0.2, 0) is 9.47 Å². The van der Waals surface area contributed by atoms with E-state index in [4.69, 9.17) is 19.7 Å². The number of aliphatic imine (C=N–C) groups is 2. The molecule has 2 aliphatic rings. The molecular formula is C13H15N3O4. The largest absolute Gasteiger partial charge is 0.477 e. The summed E-state index contributed by atoms with van der Waals surface area (Å²) in [4.78, 5) is 13.0. The van der Waals surface area contributed by atoms with Crippen molar-refractivity contribution in [3.63, 3.8) is 0 Å². The van der Waals surface area contributed by atoms with Gasteiger partial charge in [0.25, 0.3) is 0 Å². The van der Waals surface area contributed by atoms with E-state index in [0.29, 0.717) is 25.0 Å². The first-order chi connectivity index (χ1) is 9.80. The van der Waals surface area contributed by atoms with E-state index in [-0.39, 0.29) is 25.3 Å². The van der Waals surface area contributed by atoms with Gasteiger partial charge in [-0.2, -0.15) is 0 Å². The van der Waals surface area contributed by atoms with Gasteiger partial charge in [-0.05, 0) is 12.1 Å². The zero-order valence-electron chi connectivity index (χ0n) is 10.8. The van der Waals surface area contributed by atoms with Gasteiger partial charge in [-0.1, -0.05) is 6.07 Å². The highest BCUT2D eigenvalue weighted by Gasteiger charge is 2.25. The molecule has 0 aliphatic carbocycles. The molecule has 0 fully saturated rings. The normalized spacial score (nSPS) is 24.9. The second-order valence-corrected chi connectivity index (χ2v) is 4.50. The molecule has 3 rings (SSSR count). The van der Waals surface area contributed by atoms with Crippen LogP contribution < -0.4 is 0 Å². The lowest BCUT2D eigenvalue weighted by molar-refractivity contribution is 0.267. The molecule has 1 aromatic rings. The summed E-state index contributed by atoms with van der Waals surface area (Å²) >= 11 is 0. The van der Waals surface area contributed by atoms with E-state index in [1.54, 1.807) is 0 Å². The van der Waals surface area contributed by atoms with Gasteiger partial charge in [0.1, 0.15) is 38.5 Å². The average molecular weight is 277 g/mol. The molecule has 106 valence electrons. The van der Waals surface area contributed by atoms with Gasteiger partial charge in [0.15, 0.2) is 0 Å². The number of ether oxygens (including phenoxy) is 2. The van der Waals surface area contributed by atoms with Crippen LogP contribution in [0.15, 0.2) is 28.2 Å². The maximum atomic E-state index is 8.98. The van der Waals surface area contributed by atoms with Crippen molar-refractivity contribution in [2.24, 2.45) is 9.98 Å². The third-order valence-corrected chi connectivity index (χ3v) is 3.16. The van der Waals surface area contributed by atoms with Gasteiger partial charge in [0.05, 0.1) is 11.4 Å². The third kappa shape index (κ3) is 2.50. The van der Waals surface area contributed by atoms with E-state index in [9.17, 15) is 0 Å². The molecule has 0 spiro atoms. The maximum absolute atomic E-state index is 8.98. The molecule has 0 bridgehead atoms. The Morgan fingerprint density at radius 1 is 0.950 bits per heavy atom. The molecule has 2 N–H and O–H groups in total. The number of hydrogen-bond acceptors (Lipinski definition) is 7. The molecule has 2 atom stereocenters. The number of hydrogen-bond donors (Lipinski definition) is 2. The van der Waals surface area contributed by atoms with E-state index in [2.05, 4.69) is 15.0 Å². The summed E-state index contributed by atoms with van der Waals surface area (Å²) in [6.45, 7) is 0.380. The van der Waals surface area contributed by atoms with Crippen LogP contribution in [0.5, 0.6) is 0 Å². The summed E-state index contributed by atoms with van der Waals surface area (Å²) in [5, 5.41) is 18.0. The van der Waals surface area contributed by atoms with Crippen LogP contribution in [0.1, 0.15) is 23.5 Å². The Kier molecular flexibility index (Phi) is 3.62. The summed E-state index contributed by atoms with van der Waals surface area (Å²) in [6, 6.07) is 5.24. The molecule has 0 amide bonds. The lowest BCUT2D eigenvalue weighted by Gasteiger charge is -2.09. The van der Waals surface area contributed by atoms with Crippen LogP contribution in [0.3, 0.4) is 0 Å². The van der Waals surface area contributed by atoms with Crippen LogP contribution in [0.2, 0.25) is 0 Å². The fraction of sp³-hybridized carbons (Fsp3) is 0.462. The molecule has 0 aromatic carbocycles. The summed E-state index contributed by atoms with van der Waals surface area (Å²) in [5.41, 5.74) is 1.55. The highest BCUT2D eigenvalue weighted by Crippen LogP contribution is 2.25. The fourth-order valence-corrected chi connectivity index (χ4v) is 2.16. The van der Waals surface area contributed by atoms with Gasteiger partial charge in [-0.3, -0.25) is 4.98 Å². The predicted molar refractivity (Wildman–Crippen MR) is 70.7 cm³/mol. The Morgan fingerprint density at radius 3 is 1.85 bits per heavy atom. The highest BCUT2D eigenvalue weighted by molar-refractivity contribution is 5.79. The zero-order valence-corrected chi connectivity index (χ0v) is 10.8. The fourth-order valence-electron chi connectivity index (χ4n) is 2.16. The number of aromatic nitrogens is 1. The van der Waals surface area contributed by atoms with E-state index in [0.717, 1.165) is 11.4 Å². The maximum Gasteiger partial charge on any atom is 0.210 e. The lowest BCUT2D eigenvalue weighted by Crippen LogP contribution is -2.06. The van der Waals surface area contributed by atoms with Gasteiger partial charge in [-0.15, -0.1) is 0 Å². The summed E-state index contributed by atoms with van der Waals surface area (Å²) in [6.07, 6.45) is 0. The van der Waals surface area contributed by atoms with Crippen molar-refractivity contribution < 1.29 is 19.7 Å². The summed E-state index contributed by atoms with van der Waals surface area (Å²) in [5.74, 6) is 0.680. The topological polar surface area (TPSA) is 96.5 Å². The number of aliphatic hydroxyl groups is 2. The Hall–Kier alpha value is -1.99. The van der Waals surface area contributed by atoms with Gasteiger partial charge in [0.2, 0.25) is 11.8 Å². The van der Waals surface area contributed by atoms with Crippen molar-refractivity contribution in [2.75, 3.05) is 26.4 Å². The van der Waals surface area contributed by atoms with Gasteiger partial charge >= 0.3 is 0 Å². The standard InChI is InChI=1S/C13H15N3O4/c17-4-12-15-10(6-19-12)8-2-1-3-9(14-8)11-7-20-13(5-18)16-11/h1-3,10-11,17-18H,4-7H2/t10-,11-/m0/s1. The first-order valence-electron chi connectivity index (χ1n) is 6.37. The molecule has 0 saturated carbocycles. The molecule has 0 radical (unpaired) electrons. The molecule has 7 nitrogen and oxygen atoms in total. The molecule has 0 saturated heterocycles. The van der Waals surface area contributed by atoms with Gasteiger partial charge < -0.3 is 19.7 Å². The van der Waals surface area contributed by atoms with E-state index in [1.165, 1.54) is 0 Å². The quantitative estimate of drug-likeness (QED) is 0.808. The summed E-state index contributed by atoms with van der Waals surface area (Å²) in [7, 11) is 0. The van der Waals surface area contributed by atoms with Crippen LogP contribution >= 0.6 is 0 Å². The van der Waals surface area contributed by atoms with Crippen LogP contribution in [0.25, 0.3) is 0 Å². The molecule has 2 aliphatic heterocycles. The molecule has 3 heterocycles. The Labute approximate surface area is 115 Å². The highest BCUT2D eigenvalue weighted by atomic mass is 16.5. The van der Waals surface area contributed by atoms with Crippen LogP contribution in [0, 0.1) is 0 Å². The predicted octanol–water partition coefficient (Wildman–Crippen LogP) is 0.00580. The zero-order chi connectivity index (χ0) is 13.9. The number of nitrogens with zero attached hydrogens (tertiary/aromatic N) is 3. The monoisotopic (exact) mass is 277 g/mol. The van der Waals surface area contributed by atoms with Crippen LogP contribution in [-0.4, -0.2) is 53.4 Å². The minimum Gasteiger partial charge on any atom is -0.477 e. The second kappa shape index (κ2) is 5.56. The first-order valence-corrected chi connectivity index (χ1v) is 6.37. The van der Waals surface area contributed by atoms with Crippen molar-refractivity contribution in [2.45, 2.75) is 12.1 Å². The van der Waals surface area contributed by atoms with E-state index < -0.39 is 0 Å². The van der Waals surface area contributed by atoms with E-state index in [1.807, 2.05) is 18.2 Å². The molecular weight excluding hydrogens is 262 g/mol. The van der Waals surface area contributed by atoms with Crippen molar-refractivity contribution >= 4 is 11.8 Å². The summed E-state index contributed by atoms with van der Waals surface area (Å²) < 4.78 is 10.5. The van der Waals surface area contributed by atoms with E-state index >= 15 is 0 Å². The third-order valence-electron chi connectivity index (χ3n) is 3.16. The average Bonchev–Trinajstić information content (AvgIpc) is 3.16. The van der Waals surface area contributed by atoms with Crippen molar-refractivity contribution in [1.29, 1.82) is 0 Å². The van der Waals surface area contributed by atoms with Crippen molar-refractivity contribution in [3.8, 4) is 0 Å². The van der Waals surface area contributed by atoms with Gasteiger partial charge in [0, 0.05) is 0 Å². The SMILES string of the molecule is OCC1=N[C@H](c2cccc([C@@H]3COC(CO)=N3)n2)CO1. The Bertz CT molecular complexity index is 513. The molecule has 20 heavy (non-hydrogen) atoms. The minimum absolute atomic E-state index is 0.194. The van der Waals surface area contributed by atoms with Crippen molar-refractivity contribution in [3.05, 3.63) is 29.6 Å². The molecule has 1 aromatic heterocycles. The smallest absolute Gasteiger partial charge is 0.210 e. The van der Waals surface area contributed by atoms with Crippen LogP contribution in [0.4, 0.5) is 0 Å². The minimum atomic E-state index is -0.198.